The van der Waals surface area contributed by atoms with E-state index in [0.29, 0.717) is 0 Å². The summed E-state index contributed by atoms with van der Waals surface area (Å²) in [5.74, 6) is 0.923. The molecule has 0 radical (unpaired) electrons. The predicted molar refractivity (Wildman–Crippen MR) is 97.3 cm³/mol. The lowest BCUT2D eigenvalue weighted by Gasteiger charge is -2.29. The van der Waals surface area contributed by atoms with E-state index in [1.165, 1.54) is 24.0 Å². The Morgan fingerprint density at radius 2 is 1.84 bits per heavy atom. The second-order valence-corrected chi connectivity index (χ2v) is 6.88. The summed E-state index contributed by atoms with van der Waals surface area (Å²) in [5, 5.41) is 16.5. The number of benzene rings is 2. The molecule has 5 heteroatoms. The molecule has 0 unspecified atom stereocenters. The molecule has 4 rings (SSSR count). The van der Waals surface area contributed by atoms with Crippen LogP contribution in [0, 0.1) is 6.92 Å². The molecule has 1 aliphatic rings. The van der Waals surface area contributed by atoms with E-state index < -0.39 is 0 Å². The van der Waals surface area contributed by atoms with Crippen LogP contribution in [-0.2, 0) is 12.1 Å². The van der Waals surface area contributed by atoms with Crippen LogP contribution < -0.4 is 5.32 Å². The minimum Gasteiger partial charge on any atom is -0.301 e. The van der Waals surface area contributed by atoms with Gasteiger partial charge in [0.2, 0.25) is 0 Å². The van der Waals surface area contributed by atoms with E-state index in [4.69, 9.17) is 0 Å². The first-order valence-corrected chi connectivity index (χ1v) is 8.92. The number of tetrazole rings is 1. The fourth-order valence-corrected chi connectivity index (χ4v) is 3.74. The number of hydrogen-bond donors (Lipinski definition) is 1. The molecule has 0 spiro atoms. The lowest BCUT2D eigenvalue weighted by molar-refractivity contribution is 0.312. The molecule has 1 aromatic heterocycles. The van der Waals surface area contributed by atoms with Gasteiger partial charge in [-0.3, -0.25) is 0 Å². The van der Waals surface area contributed by atoms with Gasteiger partial charge < -0.3 is 5.32 Å². The van der Waals surface area contributed by atoms with Crippen LogP contribution in [0.2, 0.25) is 0 Å². The second kappa shape index (κ2) is 6.76. The van der Waals surface area contributed by atoms with Crippen molar-refractivity contribution in [2.75, 3.05) is 0 Å². The highest BCUT2D eigenvalue weighted by molar-refractivity contribution is 5.36. The monoisotopic (exact) mass is 333 g/mol. The second-order valence-electron chi connectivity index (χ2n) is 6.88. The molecule has 0 saturated heterocycles. The summed E-state index contributed by atoms with van der Waals surface area (Å²) in [7, 11) is 0. The Kier molecular flexibility index (Phi) is 4.32. The van der Waals surface area contributed by atoms with Crippen molar-refractivity contribution in [3.05, 3.63) is 71.5 Å². The zero-order valence-corrected chi connectivity index (χ0v) is 14.5. The molecule has 1 heterocycles. The van der Waals surface area contributed by atoms with Crippen LogP contribution in [0.5, 0.6) is 0 Å². The van der Waals surface area contributed by atoms with Crippen molar-refractivity contribution in [2.24, 2.45) is 0 Å². The van der Waals surface area contributed by atoms with E-state index in [1.807, 2.05) is 10.7 Å². The minimum absolute atomic E-state index is 0.164. The average molecular weight is 333 g/mol. The molecule has 5 nitrogen and oxygen atoms in total. The molecule has 2 aromatic carbocycles. The zero-order chi connectivity index (χ0) is 17.1. The van der Waals surface area contributed by atoms with Crippen molar-refractivity contribution in [2.45, 2.75) is 44.7 Å². The fraction of sp³-hybridized carbons (Fsp3) is 0.350. The van der Waals surface area contributed by atoms with Gasteiger partial charge in [-0.2, -0.15) is 4.68 Å². The van der Waals surface area contributed by atoms with Crippen LogP contribution in [0.15, 0.2) is 54.6 Å². The van der Waals surface area contributed by atoms with Crippen molar-refractivity contribution in [1.29, 1.82) is 0 Å². The zero-order valence-electron chi connectivity index (χ0n) is 14.5. The van der Waals surface area contributed by atoms with E-state index in [1.54, 1.807) is 0 Å². The van der Waals surface area contributed by atoms with Gasteiger partial charge in [-0.05, 0) is 53.5 Å². The highest BCUT2D eigenvalue weighted by atomic mass is 15.6. The highest BCUT2D eigenvalue weighted by Crippen LogP contribution is 2.38. The lowest BCUT2D eigenvalue weighted by atomic mass is 9.95. The first kappa shape index (κ1) is 16.0. The van der Waals surface area contributed by atoms with Crippen molar-refractivity contribution in [1.82, 2.24) is 25.5 Å². The molecule has 0 amide bonds. The SMILES string of the molecule is Cc1cccc(-n2nnnc2C2(NCc3ccccc3)CCCC2)c1. The smallest absolute Gasteiger partial charge is 0.176 e. The fourth-order valence-electron chi connectivity index (χ4n) is 3.74. The Labute approximate surface area is 148 Å². The summed E-state index contributed by atoms with van der Waals surface area (Å²) in [6, 6.07) is 18.8. The molecular weight excluding hydrogens is 310 g/mol. The van der Waals surface area contributed by atoms with Crippen LogP contribution in [-0.4, -0.2) is 20.2 Å². The Morgan fingerprint density at radius 1 is 1.04 bits per heavy atom. The van der Waals surface area contributed by atoms with Gasteiger partial charge in [-0.25, -0.2) is 0 Å². The Bertz CT molecular complexity index is 834. The van der Waals surface area contributed by atoms with Gasteiger partial charge in [0, 0.05) is 6.54 Å². The average Bonchev–Trinajstić information content (AvgIpc) is 3.31. The van der Waals surface area contributed by atoms with E-state index in [0.717, 1.165) is 30.9 Å². The van der Waals surface area contributed by atoms with Gasteiger partial charge in [0.25, 0.3) is 0 Å². The van der Waals surface area contributed by atoms with Crippen molar-refractivity contribution in [3.8, 4) is 5.69 Å². The quantitative estimate of drug-likeness (QED) is 0.776. The van der Waals surface area contributed by atoms with Gasteiger partial charge in [0.1, 0.15) is 0 Å². The molecule has 1 N–H and O–H groups in total. The summed E-state index contributed by atoms with van der Waals surface area (Å²) in [5.41, 5.74) is 3.34. The Hall–Kier alpha value is -2.53. The van der Waals surface area contributed by atoms with Crippen molar-refractivity contribution >= 4 is 0 Å². The predicted octanol–water partition coefficient (Wildman–Crippen LogP) is 3.53. The van der Waals surface area contributed by atoms with E-state index >= 15 is 0 Å². The maximum Gasteiger partial charge on any atom is 0.176 e. The Morgan fingerprint density at radius 3 is 2.60 bits per heavy atom. The summed E-state index contributed by atoms with van der Waals surface area (Å²) in [6.45, 7) is 2.91. The van der Waals surface area contributed by atoms with Crippen molar-refractivity contribution < 1.29 is 0 Å². The number of aryl methyl sites for hydroxylation is 1. The summed E-state index contributed by atoms with van der Waals surface area (Å²) in [4.78, 5) is 0. The highest BCUT2D eigenvalue weighted by Gasteiger charge is 2.40. The number of nitrogens with one attached hydrogen (secondary N) is 1. The normalized spacial score (nSPS) is 16.2. The largest absolute Gasteiger partial charge is 0.301 e. The molecule has 0 aliphatic heterocycles. The standard InChI is InChI=1S/C20H23N5/c1-16-8-7-11-18(14-16)25-19(22-23-24-25)20(12-5-6-13-20)21-15-17-9-3-2-4-10-17/h2-4,7-11,14,21H,5-6,12-13,15H2,1H3. The topological polar surface area (TPSA) is 55.6 Å². The van der Waals surface area contributed by atoms with Crippen molar-refractivity contribution in [3.63, 3.8) is 0 Å². The molecule has 0 bridgehead atoms. The molecule has 1 fully saturated rings. The Balaban J connectivity index is 1.67. The first-order valence-electron chi connectivity index (χ1n) is 8.92. The lowest BCUT2D eigenvalue weighted by Crippen LogP contribution is -2.41. The molecule has 1 aliphatic carbocycles. The summed E-state index contributed by atoms with van der Waals surface area (Å²) in [6.07, 6.45) is 4.52. The first-order chi connectivity index (χ1) is 12.3. The van der Waals surface area contributed by atoms with E-state index in [2.05, 4.69) is 76.3 Å². The molecule has 3 aromatic rings. The third-order valence-electron chi connectivity index (χ3n) is 5.07. The molecule has 128 valence electrons. The molecular formula is C20H23N5. The number of aromatic nitrogens is 4. The third kappa shape index (κ3) is 3.20. The maximum absolute atomic E-state index is 4.43. The van der Waals surface area contributed by atoms with Gasteiger partial charge in [-0.1, -0.05) is 55.3 Å². The number of hydrogen-bond acceptors (Lipinski definition) is 4. The maximum atomic E-state index is 4.43. The van der Waals surface area contributed by atoms with Gasteiger partial charge in [-0.15, -0.1) is 5.10 Å². The third-order valence-corrected chi connectivity index (χ3v) is 5.07. The van der Waals surface area contributed by atoms with Crippen LogP contribution in [0.4, 0.5) is 0 Å². The van der Waals surface area contributed by atoms with Gasteiger partial charge in [0.15, 0.2) is 5.82 Å². The molecule has 25 heavy (non-hydrogen) atoms. The van der Waals surface area contributed by atoms with E-state index in [-0.39, 0.29) is 5.54 Å². The molecule has 0 atom stereocenters. The summed E-state index contributed by atoms with van der Waals surface area (Å²) < 4.78 is 1.90. The van der Waals surface area contributed by atoms with E-state index in [9.17, 15) is 0 Å². The minimum atomic E-state index is -0.164. The summed E-state index contributed by atoms with van der Waals surface area (Å²) >= 11 is 0. The van der Waals surface area contributed by atoms with Gasteiger partial charge >= 0.3 is 0 Å². The molecule has 1 saturated carbocycles. The van der Waals surface area contributed by atoms with Crippen LogP contribution in [0.25, 0.3) is 5.69 Å². The van der Waals surface area contributed by atoms with Crippen LogP contribution >= 0.6 is 0 Å². The van der Waals surface area contributed by atoms with Gasteiger partial charge in [0.05, 0.1) is 11.2 Å². The van der Waals surface area contributed by atoms with Crippen LogP contribution in [0.3, 0.4) is 0 Å². The number of rotatable bonds is 5. The van der Waals surface area contributed by atoms with Crippen LogP contribution in [0.1, 0.15) is 42.6 Å². The number of nitrogens with zero attached hydrogens (tertiary/aromatic N) is 4.